The highest BCUT2D eigenvalue weighted by atomic mass is 35.5. The minimum absolute atomic E-state index is 0. The van der Waals surface area contributed by atoms with Crippen LogP contribution in [0, 0.1) is 5.92 Å². The van der Waals surface area contributed by atoms with E-state index in [-0.39, 0.29) is 42.2 Å². The van der Waals surface area contributed by atoms with Gasteiger partial charge in [0.25, 0.3) is 0 Å². The number of amides is 2. The third-order valence-corrected chi connectivity index (χ3v) is 5.17. The van der Waals surface area contributed by atoms with Gasteiger partial charge < -0.3 is 20.3 Å². The maximum Gasteiger partial charge on any atom is 0.228 e. The van der Waals surface area contributed by atoms with Crippen LogP contribution in [0.4, 0.5) is 0 Å². The van der Waals surface area contributed by atoms with Crippen molar-refractivity contribution in [2.24, 2.45) is 11.7 Å². The molecule has 2 amide bonds. The summed E-state index contributed by atoms with van der Waals surface area (Å²) in [4.78, 5) is 28.8. The van der Waals surface area contributed by atoms with E-state index >= 15 is 0 Å². The number of carbonyl (C=O) groups excluding carboxylic acids is 2. The van der Waals surface area contributed by atoms with Crippen LogP contribution in [0.15, 0.2) is 24.3 Å². The molecule has 2 fully saturated rings. The Morgan fingerprint density at radius 1 is 1.24 bits per heavy atom. The molecule has 0 bridgehead atoms. The van der Waals surface area contributed by atoms with Crippen molar-refractivity contribution in [2.45, 2.75) is 31.3 Å². The van der Waals surface area contributed by atoms with E-state index in [1.54, 1.807) is 19.1 Å². The molecular formula is C18H26ClN3O3. The van der Waals surface area contributed by atoms with Crippen molar-refractivity contribution < 1.29 is 14.3 Å². The first-order valence-electron chi connectivity index (χ1n) is 8.45. The minimum Gasteiger partial charge on any atom is -0.497 e. The van der Waals surface area contributed by atoms with Gasteiger partial charge in [-0.1, -0.05) is 12.1 Å². The van der Waals surface area contributed by atoms with Gasteiger partial charge in [0.05, 0.1) is 19.1 Å². The number of benzene rings is 1. The normalized spacial score (nSPS) is 26.4. The number of likely N-dealkylation sites (tertiary alicyclic amines) is 2. The number of carbonyl (C=O) groups is 2. The lowest BCUT2D eigenvalue weighted by atomic mass is 9.83. The van der Waals surface area contributed by atoms with Gasteiger partial charge in [0.15, 0.2) is 0 Å². The number of nitrogens with two attached hydrogens (primary N) is 1. The van der Waals surface area contributed by atoms with E-state index < -0.39 is 0 Å². The maximum atomic E-state index is 13.0. The van der Waals surface area contributed by atoms with Crippen LogP contribution in [0.3, 0.4) is 0 Å². The lowest BCUT2D eigenvalue weighted by Crippen LogP contribution is -2.47. The van der Waals surface area contributed by atoms with Crippen LogP contribution >= 0.6 is 12.4 Å². The second kappa shape index (κ2) is 8.06. The van der Waals surface area contributed by atoms with Gasteiger partial charge in [0.2, 0.25) is 11.8 Å². The fraction of sp³-hybridized carbons (Fsp3) is 0.556. The summed E-state index contributed by atoms with van der Waals surface area (Å²) < 4.78 is 5.20. The molecule has 3 atom stereocenters. The number of rotatable bonds is 3. The van der Waals surface area contributed by atoms with Crippen molar-refractivity contribution in [3.05, 3.63) is 29.8 Å². The van der Waals surface area contributed by atoms with Crippen LogP contribution < -0.4 is 10.5 Å². The molecule has 0 aliphatic carbocycles. The fourth-order valence-corrected chi connectivity index (χ4v) is 3.78. The van der Waals surface area contributed by atoms with Crippen molar-refractivity contribution in [1.82, 2.24) is 9.80 Å². The molecule has 0 aromatic heterocycles. The number of piperidine rings is 1. The zero-order valence-corrected chi connectivity index (χ0v) is 15.5. The van der Waals surface area contributed by atoms with Gasteiger partial charge in [0, 0.05) is 32.6 Å². The Hall–Kier alpha value is -1.79. The lowest BCUT2D eigenvalue weighted by Gasteiger charge is -2.40. The summed E-state index contributed by atoms with van der Waals surface area (Å²) in [6.45, 7) is 1.33. The van der Waals surface area contributed by atoms with Crippen LogP contribution in [-0.4, -0.2) is 54.9 Å². The number of halogens is 1. The molecule has 2 heterocycles. The SMILES string of the molecule is COc1ccc(C2C(C(=O)N3CC[C@@H](N)C3)CCC(=O)N2C)cc1.Cl. The highest BCUT2D eigenvalue weighted by Gasteiger charge is 2.41. The first kappa shape index (κ1) is 19.5. The van der Waals surface area contributed by atoms with Crippen molar-refractivity contribution in [3.63, 3.8) is 0 Å². The summed E-state index contributed by atoms with van der Waals surface area (Å²) >= 11 is 0. The molecule has 1 aromatic rings. The third kappa shape index (κ3) is 3.90. The molecule has 6 nitrogen and oxygen atoms in total. The number of hydrogen-bond donors (Lipinski definition) is 1. The monoisotopic (exact) mass is 367 g/mol. The van der Waals surface area contributed by atoms with Crippen molar-refractivity contribution >= 4 is 24.2 Å². The zero-order chi connectivity index (χ0) is 17.3. The number of methoxy groups -OCH3 is 1. The van der Waals surface area contributed by atoms with E-state index in [0.29, 0.717) is 25.9 Å². The molecule has 0 radical (unpaired) electrons. The molecule has 1 aromatic carbocycles. The second-order valence-electron chi connectivity index (χ2n) is 6.70. The average Bonchev–Trinajstić information content (AvgIpc) is 3.03. The van der Waals surface area contributed by atoms with Gasteiger partial charge in [-0.25, -0.2) is 0 Å². The summed E-state index contributed by atoms with van der Waals surface area (Å²) in [7, 11) is 3.40. The first-order chi connectivity index (χ1) is 11.5. The van der Waals surface area contributed by atoms with E-state index in [4.69, 9.17) is 10.5 Å². The Balaban J connectivity index is 0.00000225. The molecule has 0 saturated carbocycles. The van der Waals surface area contributed by atoms with Gasteiger partial charge in [-0.3, -0.25) is 9.59 Å². The topological polar surface area (TPSA) is 75.9 Å². The zero-order valence-electron chi connectivity index (χ0n) is 14.7. The Morgan fingerprint density at radius 2 is 1.92 bits per heavy atom. The lowest BCUT2D eigenvalue weighted by molar-refractivity contribution is -0.146. The molecule has 2 saturated heterocycles. The summed E-state index contributed by atoms with van der Waals surface area (Å²) in [6.07, 6.45) is 1.85. The van der Waals surface area contributed by atoms with Crippen LogP contribution in [-0.2, 0) is 9.59 Å². The fourth-order valence-electron chi connectivity index (χ4n) is 3.78. The van der Waals surface area contributed by atoms with Crippen LogP contribution in [0.25, 0.3) is 0 Å². The molecule has 2 unspecified atom stereocenters. The predicted molar refractivity (Wildman–Crippen MR) is 97.6 cm³/mol. The van der Waals surface area contributed by atoms with Crippen LogP contribution in [0.1, 0.15) is 30.9 Å². The van der Waals surface area contributed by atoms with Gasteiger partial charge in [-0.05, 0) is 30.5 Å². The largest absolute Gasteiger partial charge is 0.497 e. The summed E-state index contributed by atoms with van der Waals surface area (Å²) in [5, 5.41) is 0. The van der Waals surface area contributed by atoms with Crippen molar-refractivity contribution in [1.29, 1.82) is 0 Å². The Labute approximate surface area is 154 Å². The molecule has 2 aliphatic heterocycles. The molecule has 25 heavy (non-hydrogen) atoms. The summed E-state index contributed by atoms with van der Waals surface area (Å²) in [6, 6.07) is 7.45. The van der Waals surface area contributed by atoms with Crippen molar-refractivity contribution in [3.8, 4) is 5.75 Å². The predicted octanol–water partition coefficient (Wildman–Crippen LogP) is 1.59. The van der Waals surface area contributed by atoms with E-state index in [0.717, 1.165) is 17.7 Å². The highest BCUT2D eigenvalue weighted by molar-refractivity contribution is 5.85. The molecule has 2 aliphatic rings. The molecule has 0 spiro atoms. The van der Waals surface area contributed by atoms with Gasteiger partial charge in [0.1, 0.15) is 5.75 Å². The quantitative estimate of drug-likeness (QED) is 0.880. The second-order valence-corrected chi connectivity index (χ2v) is 6.70. The Kier molecular flexibility index (Phi) is 6.30. The molecular weight excluding hydrogens is 342 g/mol. The maximum absolute atomic E-state index is 13.0. The van der Waals surface area contributed by atoms with E-state index in [9.17, 15) is 9.59 Å². The standard InChI is InChI=1S/C18H25N3O3.ClH/c1-20-16(22)8-7-15(18(23)21-10-9-13(19)11-21)17(20)12-3-5-14(24-2)6-4-12;/h3-6,13,15,17H,7-11,19H2,1-2H3;1H/t13-,15?,17?;/m1./s1. The summed E-state index contributed by atoms with van der Waals surface area (Å²) in [5.74, 6) is 0.740. The Morgan fingerprint density at radius 3 is 2.48 bits per heavy atom. The molecule has 7 heteroatoms. The van der Waals surface area contributed by atoms with Gasteiger partial charge in [-0.2, -0.15) is 0 Å². The van der Waals surface area contributed by atoms with E-state index in [2.05, 4.69) is 0 Å². The number of hydrogen-bond acceptors (Lipinski definition) is 4. The smallest absolute Gasteiger partial charge is 0.228 e. The average molecular weight is 368 g/mol. The molecule has 2 N–H and O–H groups in total. The molecule has 138 valence electrons. The summed E-state index contributed by atoms with van der Waals surface area (Å²) in [5.41, 5.74) is 6.91. The Bertz CT molecular complexity index is 622. The van der Waals surface area contributed by atoms with Crippen LogP contribution in [0.2, 0.25) is 0 Å². The minimum atomic E-state index is -0.235. The van der Waals surface area contributed by atoms with Crippen molar-refractivity contribution in [2.75, 3.05) is 27.2 Å². The van der Waals surface area contributed by atoms with Gasteiger partial charge >= 0.3 is 0 Å². The molecule has 3 rings (SSSR count). The van der Waals surface area contributed by atoms with Gasteiger partial charge in [-0.15, -0.1) is 12.4 Å². The van der Waals surface area contributed by atoms with E-state index in [1.807, 2.05) is 29.2 Å². The third-order valence-electron chi connectivity index (χ3n) is 5.17. The number of nitrogens with zero attached hydrogens (tertiary/aromatic N) is 2. The highest BCUT2D eigenvalue weighted by Crippen LogP contribution is 2.37. The first-order valence-corrected chi connectivity index (χ1v) is 8.45. The number of ether oxygens (including phenoxy) is 1. The van der Waals surface area contributed by atoms with Crippen LogP contribution in [0.5, 0.6) is 5.75 Å². The van der Waals surface area contributed by atoms with E-state index in [1.165, 1.54) is 0 Å².